The second kappa shape index (κ2) is 8.28. The molecule has 8 nitrogen and oxygen atoms in total. The van der Waals surface area contributed by atoms with Gasteiger partial charge < -0.3 is 15.5 Å². The molecule has 33 heavy (non-hydrogen) atoms. The van der Waals surface area contributed by atoms with Gasteiger partial charge >= 0.3 is 6.03 Å². The van der Waals surface area contributed by atoms with Gasteiger partial charge in [0.25, 0.3) is 5.91 Å². The van der Waals surface area contributed by atoms with Crippen LogP contribution in [0.25, 0.3) is 10.2 Å². The van der Waals surface area contributed by atoms with E-state index in [-0.39, 0.29) is 17.9 Å². The van der Waals surface area contributed by atoms with Crippen molar-refractivity contribution in [1.29, 1.82) is 0 Å². The highest BCUT2D eigenvalue weighted by atomic mass is 32.1. The number of aromatic nitrogens is 1. The smallest absolute Gasteiger partial charge is 0.331 e. The Kier molecular flexibility index (Phi) is 5.29. The molecule has 3 aromatic rings. The molecule has 2 aromatic heterocycles. The van der Waals surface area contributed by atoms with Gasteiger partial charge in [-0.15, -0.1) is 11.3 Å². The number of pyridine rings is 1. The van der Waals surface area contributed by atoms with Crippen LogP contribution >= 0.6 is 11.3 Å². The second-order valence-electron chi connectivity index (χ2n) is 7.86. The molecule has 168 valence electrons. The van der Waals surface area contributed by atoms with Gasteiger partial charge in [-0.3, -0.25) is 14.5 Å². The molecule has 1 saturated heterocycles. The Morgan fingerprint density at radius 3 is 2.82 bits per heavy atom. The van der Waals surface area contributed by atoms with Crippen LogP contribution in [0.2, 0.25) is 0 Å². The summed E-state index contributed by atoms with van der Waals surface area (Å²) in [4.78, 5) is 46.6. The van der Waals surface area contributed by atoms with Crippen LogP contribution in [-0.4, -0.2) is 46.9 Å². The van der Waals surface area contributed by atoms with E-state index < -0.39 is 11.8 Å². The van der Waals surface area contributed by atoms with E-state index in [4.69, 9.17) is 0 Å². The van der Waals surface area contributed by atoms with Gasteiger partial charge in [-0.2, -0.15) is 0 Å². The fraction of sp³-hybridized carbons (Fsp3) is 0.217. The maximum absolute atomic E-state index is 13.4. The quantitative estimate of drug-likeness (QED) is 0.569. The zero-order valence-electron chi connectivity index (χ0n) is 17.5. The summed E-state index contributed by atoms with van der Waals surface area (Å²) in [6.45, 7) is 4.56. The summed E-state index contributed by atoms with van der Waals surface area (Å²) in [5.41, 5.74) is 1.48. The van der Waals surface area contributed by atoms with E-state index in [9.17, 15) is 18.8 Å². The number of thiophene rings is 1. The van der Waals surface area contributed by atoms with Crippen molar-refractivity contribution < 1.29 is 18.8 Å². The molecule has 0 saturated carbocycles. The molecule has 1 aromatic carbocycles. The molecule has 5 rings (SSSR count). The molecule has 1 fully saturated rings. The van der Waals surface area contributed by atoms with Gasteiger partial charge in [-0.05, 0) is 49.2 Å². The number of hydrogen-bond acceptors (Lipinski definition) is 5. The molecular formula is C23H20FN5O3S. The molecule has 0 spiro atoms. The monoisotopic (exact) mass is 465 g/mol. The SMILES string of the molecule is C=CC(=O)N1CCCC(NC(=O)c2sc3nccc4c3c2NC(=O)N4c2ccc(F)cc2)C1. The number of benzene rings is 1. The van der Waals surface area contributed by atoms with Gasteiger partial charge in [-0.25, -0.2) is 14.2 Å². The van der Waals surface area contributed by atoms with Gasteiger partial charge in [0.1, 0.15) is 15.5 Å². The fourth-order valence-corrected chi connectivity index (χ4v) is 5.29. The van der Waals surface area contributed by atoms with Gasteiger partial charge in [0.15, 0.2) is 0 Å². The lowest BCUT2D eigenvalue weighted by Crippen LogP contribution is -2.49. The Balaban J connectivity index is 1.47. The average Bonchev–Trinajstić information content (AvgIpc) is 3.19. The molecule has 10 heteroatoms. The number of halogens is 1. The van der Waals surface area contributed by atoms with Crippen molar-refractivity contribution in [3.8, 4) is 0 Å². The summed E-state index contributed by atoms with van der Waals surface area (Å²) in [7, 11) is 0. The van der Waals surface area contributed by atoms with Crippen LogP contribution in [0.1, 0.15) is 22.5 Å². The highest BCUT2D eigenvalue weighted by Gasteiger charge is 2.33. The zero-order valence-corrected chi connectivity index (χ0v) is 18.3. The first-order valence-electron chi connectivity index (χ1n) is 10.5. The van der Waals surface area contributed by atoms with E-state index >= 15 is 0 Å². The first-order valence-corrected chi connectivity index (χ1v) is 11.3. The van der Waals surface area contributed by atoms with E-state index in [1.54, 1.807) is 17.2 Å². The van der Waals surface area contributed by atoms with Crippen molar-refractivity contribution in [2.24, 2.45) is 0 Å². The minimum Gasteiger partial charge on any atom is -0.347 e. The third-order valence-electron chi connectivity index (χ3n) is 5.78. The lowest BCUT2D eigenvalue weighted by Gasteiger charge is -2.32. The lowest BCUT2D eigenvalue weighted by molar-refractivity contribution is -0.127. The van der Waals surface area contributed by atoms with Crippen molar-refractivity contribution in [1.82, 2.24) is 15.2 Å². The summed E-state index contributed by atoms with van der Waals surface area (Å²) < 4.78 is 13.4. The number of nitrogens with one attached hydrogen (secondary N) is 2. The standard InChI is InChI=1S/C23H20FN5O3S/c1-2-17(30)28-11-3-4-14(12-28)26-21(31)20-19-18-16(9-10-25-22(18)33-20)29(23(32)27-19)15-7-5-13(24)6-8-15/h2,5-10,14H,1,3-4,11-12H2,(H,26,31)(H,27,32). The lowest BCUT2D eigenvalue weighted by atomic mass is 10.1. The normalized spacial score (nSPS) is 17.6. The molecule has 4 heterocycles. The van der Waals surface area contributed by atoms with Crippen molar-refractivity contribution >= 4 is 56.5 Å². The largest absolute Gasteiger partial charge is 0.347 e. The maximum Gasteiger partial charge on any atom is 0.331 e. The Labute approximate surface area is 192 Å². The fourth-order valence-electron chi connectivity index (χ4n) is 4.27. The molecule has 4 amide bonds. The van der Waals surface area contributed by atoms with Gasteiger partial charge in [0.05, 0.1) is 22.4 Å². The topological polar surface area (TPSA) is 94.6 Å². The maximum atomic E-state index is 13.4. The van der Waals surface area contributed by atoms with Crippen molar-refractivity contribution in [3.63, 3.8) is 0 Å². The van der Waals surface area contributed by atoms with Crippen LogP contribution in [0.15, 0.2) is 49.2 Å². The number of urea groups is 1. The Morgan fingerprint density at radius 2 is 2.06 bits per heavy atom. The summed E-state index contributed by atoms with van der Waals surface area (Å²) >= 11 is 1.19. The number of piperidine rings is 1. The predicted octanol–water partition coefficient (Wildman–Crippen LogP) is 4.03. The minimum atomic E-state index is -0.450. The van der Waals surface area contributed by atoms with E-state index in [0.29, 0.717) is 45.2 Å². The zero-order chi connectivity index (χ0) is 23.1. The number of nitrogens with zero attached hydrogens (tertiary/aromatic N) is 3. The summed E-state index contributed by atoms with van der Waals surface area (Å²) in [5.74, 6) is -0.887. The van der Waals surface area contributed by atoms with E-state index in [1.165, 1.54) is 46.6 Å². The Morgan fingerprint density at radius 1 is 1.27 bits per heavy atom. The van der Waals surface area contributed by atoms with Crippen LogP contribution in [0.3, 0.4) is 0 Å². The molecule has 0 bridgehead atoms. The van der Waals surface area contributed by atoms with E-state index in [1.807, 2.05) is 0 Å². The van der Waals surface area contributed by atoms with Crippen molar-refractivity contribution in [2.45, 2.75) is 18.9 Å². The van der Waals surface area contributed by atoms with Gasteiger partial charge in [-0.1, -0.05) is 6.58 Å². The summed E-state index contributed by atoms with van der Waals surface area (Å²) in [6, 6.07) is 6.66. The van der Waals surface area contributed by atoms with Crippen LogP contribution in [0.5, 0.6) is 0 Å². The summed E-state index contributed by atoms with van der Waals surface area (Å²) in [5, 5.41) is 6.47. The number of likely N-dealkylation sites (tertiary alicyclic amines) is 1. The minimum absolute atomic E-state index is 0.159. The molecule has 2 N–H and O–H groups in total. The molecule has 0 radical (unpaired) electrons. The number of carbonyl (C=O) groups excluding carboxylic acids is 3. The third-order valence-corrected chi connectivity index (χ3v) is 6.88. The predicted molar refractivity (Wildman–Crippen MR) is 124 cm³/mol. The van der Waals surface area contributed by atoms with Crippen molar-refractivity contribution in [2.75, 3.05) is 23.3 Å². The number of anilines is 3. The second-order valence-corrected chi connectivity index (χ2v) is 8.86. The molecule has 2 aliphatic rings. The molecule has 1 unspecified atom stereocenters. The summed E-state index contributed by atoms with van der Waals surface area (Å²) in [6.07, 6.45) is 4.38. The molecule has 0 aliphatic carbocycles. The van der Waals surface area contributed by atoms with E-state index in [2.05, 4.69) is 22.2 Å². The number of rotatable bonds is 4. The van der Waals surface area contributed by atoms with Gasteiger partial charge in [0.2, 0.25) is 5.91 Å². The number of hydrogen-bond donors (Lipinski definition) is 2. The number of carbonyl (C=O) groups is 3. The van der Waals surface area contributed by atoms with Gasteiger partial charge in [0, 0.05) is 25.3 Å². The first-order chi connectivity index (χ1) is 16.0. The van der Waals surface area contributed by atoms with Crippen LogP contribution in [0.4, 0.5) is 26.2 Å². The van der Waals surface area contributed by atoms with Crippen molar-refractivity contribution in [3.05, 3.63) is 59.9 Å². The third kappa shape index (κ3) is 3.72. The van der Waals surface area contributed by atoms with Crippen LogP contribution < -0.4 is 15.5 Å². The van der Waals surface area contributed by atoms with Crippen LogP contribution in [0, 0.1) is 5.82 Å². The average molecular weight is 466 g/mol. The molecule has 1 atom stereocenters. The highest BCUT2D eigenvalue weighted by Crippen LogP contribution is 2.45. The molecular weight excluding hydrogens is 445 g/mol. The molecule has 2 aliphatic heterocycles. The number of amides is 4. The van der Waals surface area contributed by atoms with Crippen LogP contribution in [-0.2, 0) is 4.79 Å². The first kappa shape index (κ1) is 21.1. The highest BCUT2D eigenvalue weighted by molar-refractivity contribution is 7.21. The Hall–Kier alpha value is -3.79. The Bertz CT molecular complexity index is 1290. The van der Waals surface area contributed by atoms with E-state index in [0.717, 1.165) is 12.8 Å².